The third-order valence-electron chi connectivity index (χ3n) is 6.19. The van der Waals surface area contributed by atoms with Crippen molar-refractivity contribution in [1.82, 2.24) is 14.6 Å². The van der Waals surface area contributed by atoms with Gasteiger partial charge >= 0.3 is 6.18 Å². The van der Waals surface area contributed by atoms with Crippen molar-refractivity contribution >= 4 is 11.5 Å². The number of hydrogen-bond acceptors (Lipinski definition) is 4. The number of aliphatic hydroxyl groups is 1. The maximum atomic E-state index is 13.2. The first-order chi connectivity index (χ1) is 14.5. The Bertz CT molecular complexity index is 1080. The molecule has 1 saturated carbocycles. The number of benzene rings is 1. The van der Waals surface area contributed by atoms with Crippen molar-refractivity contribution in [3.63, 3.8) is 0 Å². The second-order valence-corrected chi connectivity index (χ2v) is 8.96. The standard InChI is InChI=1S/C23H27F3N4O/c1-14-21(15-5-4-6-17(13-15)23(24,25)26)30-20(27-14)12-11-19(29-30)28-18-9-7-16(8-10-18)22(2,3)31/h4-6,11-13,16,18,31H,7-10H2,1-3H3,(H,28,29). The molecule has 0 aliphatic heterocycles. The highest BCUT2D eigenvalue weighted by Crippen LogP contribution is 2.35. The number of hydrogen-bond donors (Lipinski definition) is 2. The Morgan fingerprint density at radius 2 is 1.77 bits per heavy atom. The molecule has 1 fully saturated rings. The van der Waals surface area contributed by atoms with Crippen LogP contribution >= 0.6 is 0 Å². The summed E-state index contributed by atoms with van der Waals surface area (Å²) in [6.07, 6.45) is -0.686. The first-order valence-corrected chi connectivity index (χ1v) is 10.6. The van der Waals surface area contributed by atoms with Gasteiger partial charge in [0.25, 0.3) is 0 Å². The molecule has 0 spiro atoms. The number of nitrogens with one attached hydrogen (secondary N) is 1. The lowest BCUT2D eigenvalue weighted by molar-refractivity contribution is -0.137. The summed E-state index contributed by atoms with van der Waals surface area (Å²) in [7, 11) is 0. The first-order valence-electron chi connectivity index (χ1n) is 10.6. The van der Waals surface area contributed by atoms with E-state index in [-0.39, 0.29) is 12.0 Å². The van der Waals surface area contributed by atoms with Gasteiger partial charge in [-0.15, -0.1) is 5.10 Å². The van der Waals surface area contributed by atoms with E-state index in [9.17, 15) is 18.3 Å². The SMILES string of the molecule is Cc1nc2ccc(NC3CCC(C(C)(C)O)CC3)nn2c1-c1cccc(C(F)(F)F)c1. The van der Waals surface area contributed by atoms with E-state index in [1.54, 1.807) is 17.5 Å². The van der Waals surface area contributed by atoms with Gasteiger partial charge in [0.05, 0.1) is 22.6 Å². The molecule has 0 amide bonds. The molecular formula is C23H27F3N4O. The number of alkyl halides is 3. The molecule has 166 valence electrons. The number of anilines is 1. The minimum absolute atomic E-state index is 0.241. The van der Waals surface area contributed by atoms with Crippen molar-refractivity contribution < 1.29 is 18.3 Å². The highest BCUT2D eigenvalue weighted by molar-refractivity contribution is 5.67. The van der Waals surface area contributed by atoms with Gasteiger partial charge in [-0.2, -0.15) is 13.2 Å². The van der Waals surface area contributed by atoms with Crippen LogP contribution in [-0.4, -0.2) is 31.3 Å². The van der Waals surface area contributed by atoms with Crippen LogP contribution in [-0.2, 0) is 6.18 Å². The Morgan fingerprint density at radius 3 is 2.42 bits per heavy atom. The summed E-state index contributed by atoms with van der Waals surface area (Å²) in [4.78, 5) is 4.47. The topological polar surface area (TPSA) is 62.5 Å². The molecule has 8 heteroatoms. The molecule has 1 aromatic carbocycles. The van der Waals surface area contributed by atoms with Gasteiger partial charge in [0.15, 0.2) is 5.65 Å². The minimum Gasteiger partial charge on any atom is -0.390 e. The summed E-state index contributed by atoms with van der Waals surface area (Å²) in [5.74, 6) is 0.939. The van der Waals surface area contributed by atoms with Crippen molar-refractivity contribution in [3.05, 3.63) is 47.7 Å². The monoisotopic (exact) mass is 432 g/mol. The second-order valence-electron chi connectivity index (χ2n) is 8.96. The van der Waals surface area contributed by atoms with Gasteiger partial charge in [-0.25, -0.2) is 9.50 Å². The molecule has 0 unspecified atom stereocenters. The van der Waals surface area contributed by atoms with Crippen LogP contribution in [0.5, 0.6) is 0 Å². The van der Waals surface area contributed by atoms with Crippen molar-refractivity contribution in [2.24, 2.45) is 5.92 Å². The predicted octanol–water partition coefficient (Wildman–Crippen LogP) is 5.47. The van der Waals surface area contributed by atoms with E-state index < -0.39 is 17.3 Å². The fourth-order valence-corrected chi connectivity index (χ4v) is 4.45. The Morgan fingerprint density at radius 1 is 1.06 bits per heavy atom. The zero-order valence-electron chi connectivity index (χ0n) is 17.9. The Hall–Kier alpha value is -2.61. The van der Waals surface area contributed by atoms with Gasteiger partial charge < -0.3 is 10.4 Å². The Balaban J connectivity index is 1.60. The number of fused-ring (bicyclic) bond motifs is 1. The van der Waals surface area contributed by atoms with Gasteiger partial charge in [0, 0.05) is 11.6 Å². The second kappa shape index (κ2) is 7.82. The molecule has 4 rings (SSSR count). The highest BCUT2D eigenvalue weighted by Gasteiger charge is 2.32. The smallest absolute Gasteiger partial charge is 0.390 e. The molecule has 0 bridgehead atoms. The fourth-order valence-electron chi connectivity index (χ4n) is 4.45. The van der Waals surface area contributed by atoms with Gasteiger partial charge in [0.1, 0.15) is 5.82 Å². The number of nitrogens with zero attached hydrogens (tertiary/aromatic N) is 3. The largest absolute Gasteiger partial charge is 0.416 e. The average Bonchev–Trinajstić information content (AvgIpc) is 3.02. The number of rotatable bonds is 4. The maximum absolute atomic E-state index is 13.2. The summed E-state index contributed by atoms with van der Waals surface area (Å²) in [5, 5.41) is 18.3. The summed E-state index contributed by atoms with van der Waals surface area (Å²) < 4.78 is 41.2. The molecular weight excluding hydrogens is 405 g/mol. The Kier molecular flexibility index (Phi) is 5.45. The third-order valence-corrected chi connectivity index (χ3v) is 6.19. The van der Waals surface area contributed by atoms with E-state index in [4.69, 9.17) is 0 Å². The van der Waals surface area contributed by atoms with Gasteiger partial charge in [0.2, 0.25) is 0 Å². The Labute approximate surface area is 179 Å². The van der Waals surface area contributed by atoms with Crippen LogP contribution in [0, 0.1) is 12.8 Å². The maximum Gasteiger partial charge on any atom is 0.416 e. The van der Waals surface area contributed by atoms with E-state index >= 15 is 0 Å². The molecule has 3 aromatic rings. The average molecular weight is 432 g/mol. The van der Waals surface area contributed by atoms with Crippen LogP contribution < -0.4 is 5.32 Å². The van der Waals surface area contributed by atoms with Crippen LogP contribution in [0.25, 0.3) is 16.9 Å². The molecule has 5 nitrogen and oxygen atoms in total. The van der Waals surface area contributed by atoms with E-state index in [0.717, 1.165) is 37.8 Å². The number of aromatic nitrogens is 3. The molecule has 1 aliphatic carbocycles. The lowest BCUT2D eigenvalue weighted by atomic mass is 9.77. The van der Waals surface area contributed by atoms with Gasteiger partial charge in [-0.05, 0) is 76.6 Å². The minimum atomic E-state index is -4.41. The molecule has 31 heavy (non-hydrogen) atoms. The van der Waals surface area contributed by atoms with E-state index in [1.807, 2.05) is 26.0 Å². The van der Waals surface area contributed by atoms with E-state index in [0.29, 0.717) is 28.4 Å². The molecule has 0 radical (unpaired) electrons. The lowest BCUT2D eigenvalue weighted by Gasteiger charge is -2.36. The number of aryl methyl sites for hydroxylation is 1. The normalized spacial score (nSPS) is 20.2. The molecule has 1 aliphatic rings. The molecule has 0 saturated heterocycles. The molecule has 2 aromatic heterocycles. The van der Waals surface area contributed by atoms with Crippen LogP contribution in [0.15, 0.2) is 36.4 Å². The van der Waals surface area contributed by atoms with Gasteiger partial charge in [-0.1, -0.05) is 12.1 Å². The van der Waals surface area contributed by atoms with Crippen molar-refractivity contribution in [3.8, 4) is 11.3 Å². The van der Waals surface area contributed by atoms with Crippen molar-refractivity contribution in [1.29, 1.82) is 0 Å². The first kappa shape index (κ1) is 21.6. The van der Waals surface area contributed by atoms with Crippen molar-refractivity contribution in [2.75, 3.05) is 5.32 Å². The van der Waals surface area contributed by atoms with Crippen LogP contribution in [0.3, 0.4) is 0 Å². The summed E-state index contributed by atoms with van der Waals surface area (Å²) >= 11 is 0. The summed E-state index contributed by atoms with van der Waals surface area (Å²) in [6.45, 7) is 5.49. The number of halogens is 3. The van der Waals surface area contributed by atoms with Crippen molar-refractivity contribution in [2.45, 2.75) is 64.3 Å². The summed E-state index contributed by atoms with van der Waals surface area (Å²) in [6, 6.07) is 9.15. The van der Waals surface area contributed by atoms with Crippen LogP contribution in [0.1, 0.15) is 50.8 Å². The zero-order chi connectivity index (χ0) is 22.4. The molecule has 2 heterocycles. The molecule has 0 atom stereocenters. The zero-order valence-corrected chi connectivity index (χ0v) is 17.9. The lowest BCUT2D eigenvalue weighted by Crippen LogP contribution is -2.37. The summed E-state index contributed by atoms with van der Waals surface area (Å²) in [5.41, 5.74) is 0.815. The van der Waals surface area contributed by atoms with E-state index in [1.165, 1.54) is 6.07 Å². The fraction of sp³-hybridized carbons (Fsp3) is 0.478. The quantitative estimate of drug-likeness (QED) is 0.574. The van der Waals surface area contributed by atoms with Crippen LogP contribution in [0.2, 0.25) is 0 Å². The van der Waals surface area contributed by atoms with Crippen LogP contribution in [0.4, 0.5) is 19.0 Å². The molecule has 2 N–H and O–H groups in total. The van der Waals surface area contributed by atoms with E-state index in [2.05, 4.69) is 15.4 Å². The predicted molar refractivity (Wildman–Crippen MR) is 114 cm³/mol. The number of imidazole rings is 1. The third kappa shape index (κ3) is 4.54. The van der Waals surface area contributed by atoms with Gasteiger partial charge in [-0.3, -0.25) is 0 Å². The highest BCUT2D eigenvalue weighted by atomic mass is 19.4.